The molecular formula is C10H20N2O2S. The lowest BCUT2D eigenvalue weighted by Crippen LogP contribution is -2.39. The monoisotopic (exact) mass is 232 g/mol. The average Bonchev–Trinajstić information content (AvgIpc) is 2.61. The van der Waals surface area contributed by atoms with Crippen LogP contribution < -0.4 is 5.32 Å². The molecule has 0 radical (unpaired) electrons. The van der Waals surface area contributed by atoms with Crippen LogP contribution in [0.2, 0.25) is 0 Å². The zero-order valence-corrected chi connectivity index (χ0v) is 9.93. The molecule has 2 fully saturated rings. The van der Waals surface area contributed by atoms with Crippen LogP contribution in [0.4, 0.5) is 0 Å². The number of hydrogen-bond acceptors (Lipinski definition) is 3. The lowest BCUT2D eigenvalue weighted by Gasteiger charge is -2.23. The quantitative estimate of drug-likeness (QED) is 0.756. The van der Waals surface area contributed by atoms with E-state index in [9.17, 15) is 8.42 Å². The normalized spacial score (nSPS) is 26.7. The SMILES string of the molecule is O=S(=O)(C1CCCC1)N1CCCNCC1. The average molecular weight is 232 g/mol. The Hall–Kier alpha value is -0.130. The minimum absolute atomic E-state index is 0.0874. The molecule has 0 unspecified atom stereocenters. The van der Waals surface area contributed by atoms with Gasteiger partial charge in [-0.2, -0.15) is 0 Å². The first kappa shape index (κ1) is 11.4. The number of rotatable bonds is 2. The molecule has 1 saturated heterocycles. The van der Waals surface area contributed by atoms with Crippen LogP contribution in [0.3, 0.4) is 0 Å². The molecule has 1 saturated carbocycles. The summed E-state index contributed by atoms with van der Waals surface area (Å²) in [5.41, 5.74) is 0. The van der Waals surface area contributed by atoms with Crippen molar-refractivity contribution in [2.45, 2.75) is 37.4 Å². The lowest BCUT2D eigenvalue weighted by atomic mass is 10.4. The van der Waals surface area contributed by atoms with Crippen LogP contribution in [-0.2, 0) is 10.0 Å². The van der Waals surface area contributed by atoms with E-state index in [2.05, 4.69) is 5.32 Å². The van der Waals surface area contributed by atoms with Crippen LogP contribution in [0.5, 0.6) is 0 Å². The second-order valence-electron chi connectivity index (χ2n) is 4.45. The Kier molecular flexibility index (Phi) is 3.64. The van der Waals surface area contributed by atoms with Crippen LogP contribution in [0, 0.1) is 0 Å². The third-order valence-corrected chi connectivity index (χ3v) is 5.78. The minimum atomic E-state index is -2.99. The van der Waals surface area contributed by atoms with Gasteiger partial charge < -0.3 is 5.32 Å². The van der Waals surface area contributed by atoms with E-state index >= 15 is 0 Å². The van der Waals surface area contributed by atoms with E-state index in [1.165, 1.54) is 0 Å². The van der Waals surface area contributed by atoms with Crippen molar-refractivity contribution >= 4 is 10.0 Å². The number of nitrogens with one attached hydrogen (secondary N) is 1. The second kappa shape index (κ2) is 4.80. The van der Waals surface area contributed by atoms with Gasteiger partial charge in [-0.3, -0.25) is 0 Å². The third-order valence-electron chi connectivity index (χ3n) is 3.38. The Morgan fingerprint density at radius 2 is 1.73 bits per heavy atom. The Balaban J connectivity index is 2.05. The Morgan fingerprint density at radius 3 is 2.47 bits per heavy atom. The van der Waals surface area contributed by atoms with E-state index in [0.29, 0.717) is 13.1 Å². The van der Waals surface area contributed by atoms with Gasteiger partial charge in [-0.05, 0) is 25.8 Å². The first-order chi connectivity index (χ1) is 7.21. The maximum atomic E-state index is 12.2. The first-order valence-corrected chi connectivity index (χ1v) is 7.41. The van der Waals surface area contributed by atoms with Crippen molar-refractivity contribution in [2.24, 2.45) is 0 Å². The van der Waals surface area contributed by atoms with Gasteiger partial charge in [-0.25, -0.2) is 12.7 Å². The van der Waals surface area contributed by atoms with Gasteiger partial charge in [-0.15, -0.1) is 0 Å². The Morgan fingerprint density at radius 1 is 1.00 bits per heavy atom. The zero-order valence-electron chi connectivity index (χ0n) is 9.11. The van der Waals surface area contributed by atoms with Crippen LogP contribution >= 0.6 is 0 Å². The minimum Gasteiger partial charge on any atom is -0.315 e. The van der Waals surface area contributed by atoms with Crippen LogP contribution in [0.15, 0.2) is 0 Å². The van der Waals surface area contributed by atoms with E-state index in [1.807, 2.05) is 0 Å². The largest absolute Gasteiger partial charge is 0.315 e. The predicted octanol–water partition coefficient (Wildman–Crippen LogP) is 0.554. The fourth-order valence-electron chi connectivity index (χ4n) is 2.47. The van der Waals surface area contributed by atoms with Crippen molar-refractivity contribution in [1.29, 1.82) is 0 Å². The van der Waals surface area contributed by atoms with Gasteiger partial charge in [0.2, 0.25) is 10.0 Å². The summed E-state index contributed by atoms with van der Waals surface area (Å²) in [6, 6.07) is 0. The van der Waals surface area contributed by atoms with Crippen molar-refractivity contribution in [1.82, 2.24) is 9.62 Å². The fraction of sp³-hybridized carbons (Fsp3) is 1.00. The molecule has 1 heterocycles. The lowest BCUT2D eigenvalue weighted by molar-refractivity contribution is 0.422. The highest BCUT2D eigenvalue weighted by Gasteiger charge is 2.33. The summed E-state index contributed by atoms with van der Waals surface area (Å²) >= 11 is 0. The van der Waals surface area contributed by atoms with E-state index in [-0.39, 0.29) is 5.25 Å². The summed E-state index contributed by atoms with van der Waals surface area (Å²) in [7, 11) is -2.99. The van der Waals surface area contributed by atoms with Crippen LogP contribution in [0.1, 0.15) is 32.1 Å². The third kappa shape index (κ3) is 2.52. The van der Waals surface area contributed by atoms with Gasteiger partial charge in [0.1, 0.15) is 0 Å². The fourth-order valence-corrected chi connectivity index (χ4v) is 4.55. The maximum Gasteiger partial charge on any atom is 0.217 e. The van der Waals surface area contributed by atoms with Crippen molar-refractivity contribution in [3.05, 3.63) is 0 Å². The molecule has 5 heteroatoms. The highest BCUT2D eigenvalue weighted by molar-refractivity contribution is 7.89. The molecule has 4 nitrogen and oxygen atoms in total. The van der Waals surface area contributed by atoms with E-state index < -0.39 is 10.0 Å². The number of sulfonamides is 1. The molecule has 15 heavy (non-hydrogen) atoms. The highest BCUT2D eigenvalue weighted by atomic mass is 32.2. The standard InChI is InChI=1S/C10H20N2O2S/c13-15(14,10-4-1-2-5-10)12-8-3-6-11-7-9-12/h10-11H,1-9H2. The van der Waals surface area contributed by atoms with Gasteiger partial charge in [0.15, 0.2) is 0 Å². The van der Waals surface area contributed by atoms with Gasteiger partial charge in [0.05, 0.1) is 5.25 Å². The zero-order chi connectivity index (χ0) is 10.7. The van der Waals surface area contributed by atoms with E-state index in [1.54, 1.807) is 4.31 Å². The van der Waals surface area contributed by atoms with Gasteiger partial charge >= 0.3 is 0 Å². The van der Waals surface area contributed by atoms with Crippen molar-refractivity contribution < 1.29 is 8.42 Å². The maximum absolute atomic E-state index is 12.2. The Bertz CT molecular complexity index is 289. The number of hydrogen-bond donors (Lipinski definition) is 1. The molecule has 0 aromatic heterocycles. The molecule has 0 aromatic carbocycles. The van der Waals surface area contributed by atoms with E-state index in [0.717, 1.165) is 45.2 Å². The van der Waals surface area contributed by atoms with E-state index in [4.69, 9.17) is 0 Å². The summed E-state index contributed by atoms with van der Waals surface area (Å²) in [6.07, 6.45) is 4.83. The molecule has 2 aliphatic rings. The topological polar surface area (TPSA) is 49.4 Å². The van der Waals surface area contributed by atoms with Crippen LogP contribution in [0.25, 0.3) is 0 Å². The van der Waals surface area contributed by atoms with Crippen molar-refractivity contribution in [3.8, 4) is 0 Å². The van der Waals surface area contributed by atoms with Crippen molar-refractivity contribution in [2.75, 3.05) is 26.2 Å². The molecular weight excluding hydrogens is 212 g/mol. The molecule has 0 bridgehead atoms. The van der Waals surface area contributed by atoms with Crippen molar-refractivity contribution in [3.63, 3.8) is 0 Å². The first-order valence-electron chi connectivity index (χ1n) is 5.91. The van der Waals surface area contributed by atoms with Gasteiger partial charge in [0.25, 0.3) is 0 Å². The Labute approximate surface area is 92.1 Å². The molecule has 1 N–H and O–H groups in total. The summed E-state index contributed by atoms with van der Waals surface area (Å²) in [4.78, 5) is 0. The smallest absolute Gasteiger partial charge is 0.217 e. The molecule has 88 valence electrons. The number of nitrogens with zero attached hydrogens (tertiary/aromatic N) is 1. The summed E-state index contributed by atoms with van der Waals surface area (Å²) in [5.74, 6) is 0. The molecule has 1 aliphatic carbocycles. The highest BCUT2D eigenvalue weighted by Crippen LogP contribution is 2.27. The summed E-state index contributed by atoms with van der Waals surface area (Å²) < 4.78 is 26.2. The van der Waals surface area contributed by atoms with Gasteiger partial charge in [-0.1, -0.05) is 12.8 Å². The molecule has 0 spiro atoms. The van der Waals surface area contributed by atoms with Crippen LogP contribution in [-0.4, -0.2) is 44.2 Å². The summed E-state index contributed by atoms with van der Waals surface area (Å²) in [5, 5.41) is 3.15. The van der Waals surface area contributed by atoms with Gasteiger partial charge in [0, 0.05) is 19.6 Å². The molecule has 2 rings (SSSR count). The molecule has 0 atom stereocenters. The predicted molar refractivity (Wildman–Crippen MR) is 60.2 cm³/mol. The second-order valence-corrected chi connectivity index (χ2v) is 6.67. The molecule has 0 aromatic rings. The molecule has 0 amide bonds. The molecule has 1 aliphatic heterocycles. The summed E-state index contributed by atoms with van der Waals surface area (Å²) in [6.45, 7) is 3.09.